The number of aromatic carboxylic acids is 1. The van der Waals surface area contributed by atoms with Gasteiger partial charge in [0.05, 0.1) is 17.8 Å². The van der Waals surface area contributed by atoms with E-state index in [4.69, 9.17) is 0 Å². The lowest BCUT2D eigenvalue weighted by Gasteiger charge is -2.11. The summed E-state index contributed by atoms with van der Waals surface area (Å²) in [5.74, 6) is -0.932. The number of carboxylic acids is 1. The quantitative estimate of drug-likeness (QED) is 0.791. The van der Waals surface area contributed by atoms with Crippen LogP contribution >= 0.6 is 0 Å². The highest BCUT2D eigenvalue weighted by Crippen LogP contribution is 2.26. The summed E-state index contributed by atoms with van der Waals surface area (Å²) < 4.78 is 1.82. The van der Waals surface area contributed by atoms with Crippen molar-refractivity contribution < 1.29 is 9.90 Å². The van der Waals surface area contributed by atoms with Crippen molar-refractivity contribution in [2.24, 2.45) is 0 Å². The summed E-state index contributed by atoms with van der Waals surface area (Å²) in [4.78, 5) is 16.0. The number of benzene rings is 1. The molecule has 4 nitrogen and oxygen atoms in total. The molecular weight excluding hydrogens is 288 g/mol. The molecule has 0 aliphatic rings. The van der Waals surface area contributed by atoms with E-state index in [0.717, 1.165) is 33.3 Å². The van der Waals surface area contributed by atoms with Crippen LogP contribution in [0.4, 0.5) is 0 Å². The van der Waals surface area contributed by atoms with Crippen LogP contribution in [0.3, 0.4) is 0 Å². The third-order valence-corrected chi connectivity index (χ3v) is 3.94. The van der Waals surface area contributed by atoms with Gasteiger partial charge in [-0.2, -0.15) is 0 Å². The summed E-state index contributed by atoms with van der Waals surface area (Å²) >= 11 is 0. The van der Waals surface area contributed by atoms with Crippen LogP contribution in [0.15, 0.2) is 43.1 Å². The smallest absolute Gasteiger partial charge is 0.352 e. The average Bonchev–Trinajstić information content (AvgIpc) is 2.86. The number of rotatable bonds is 4. The molecule has 0 unspecified atom stereocenters. The van der Waals surface area contributed by atoms with Gasteiger partial charge in [-0.3, -0.25) is 4.98 Å². The first-order valence-electron chi connectivity index (χ1n) is 7.40. The van der Waals surface area contributed by atoms with Crippen LogP contribution in [-0.4, -0.2) is 20.6 Å². The predicted molar refractivity (Wildman–Crippen MR) is 91.8 cm³/mol. The molecule has 0 radical (unpaired) electrons. The minimum Gasteiger partial charge on any atom is -0.477 e. The van der Waals surface area contributed by atoms with Gasteiger partial charge in [0.1, 0.15) is 5.69 Å². The van der Waals surface area contributed by atoms with Crippen LogP contribution in [0.5, 0.6) is 0 Å². The van der Waals surface area contributed by atoms with Gasteiger partial charge in [-0.15, -0.1) is 0 Å². The molecule has 0 saturated heterocycles. The highest BCUT2D eigenvalue weighted by molar-refractivity contribution is 5.96. The number of pyridine rings is 1. The molecule has 23 heavy (non-hydrogen) atoms. The Kier molecular flexibility index (Phi) is 3.74. The molecule has 116 valence electrons. The van der Waals surface area contributed by atoms with E-state index < -0.39 is 5.97 Å². The number of nitrogens with zero attached hydrogens (tertiary/aromatic N) is 2. The summed E-state index contributed by atoms with van der Waals surface area (Å²) in [6.07, 6.45) is 3.47. The summed E-state index contributed by atoms with van der Waals surface area (Å²) in [6, 6.07) is 9.61. The van der Waals surface area contributed by atoms with Crippen LogP contribution in [-0.2, 0) is 6.54 Å². The molecule has 0 aliphatic heterocycles. The molecule has 0 fully saturated rings. The Balaban J connectivity index is 2.20. The lowest BCUT2D eigenvalue weighted by Crippen LogP contribution is -2.10. The Labute approximate surface area is 134 Å². The topological polar surface area (TPSA) is 55.1 Å². The molecule has 1 N–H and O–H groups in total. The Morgan fingerprint density at radius 2 is 2.09 bits per heavy atom. The monoisotopic (exact) mass is 306 g/mol. The maximum atomic E-state index is 11.6. The Morgan fingerprint density at radius 3 is 2.78 bits per heavy atom. The molecular formula is C19H18N2O2. The fraction of sp³-hybridized carbons (Fsp3) is 0.158. The third kappa shape index (κ3) is 2.75. The predicted octanol–water partition coefficient (Wildman–Crippen LogP) is 4.04. The Morgan fingerprint density at radius 1 is 1.30 bits per heavy atom. The number of carbonyl (C=O) groups is 1. The van der Waals surface area contributed by atoms with E-state index in [-0.39, 0.29) is 5.69 Å². The molecule has 3 aromatic rings. The molecule has 0 amide bonds. The van der Waals surface area contributed by atoms with Crippen molar-refractivity contribution in [1.82, 2.24) is 9.55 Å². The van der Waals surface area contributed by atoms with Crippen molar-refractivity contribution in [3.8, 4) is 0 Å². The van der Waals surface area contributed by atoms with Crippen molar-refractivity contribution in [1.29, 1.82) is 0 Å². The van der Waals surface area contributed by atoms with Gasteiger partial charge in [-0.1, -0.05) is 24.3 Å². The lowest BCUT2D eigenvalue weighted by molar-refractivity contribution is 0.0686. The molecule has 0 atom stereocenters. The van der Waals surface area contributed by atoms with E-state index >= 15 is 0 Å². The number of aromatic nitrogens is 2. The Hall–Kier alpha value is -2.88. The van der Waals surface area contributed by atoms with Gasteiger partial charge in [0.15, 0.2) is 0 Å². The molecule has 3 rings (SSSR count). The zero-order chi connectivity index (χ0) is 16.6. The second-order valence-electron chi connectivity index (χ2n) is 5.73. The zero-order valence-corrected chi connectivity index (χ0v) is 13.2. The molecule has 0 saturated carbocycles. The van der Waals surface area contributed by atoms with E-state index in [1.165, 1.54) is 0 Å². The minimum atomic E-state index is -0.932. The van der Waals surface area contributed by atoms with Crippen LogP contribution in [0.2, 0.25) is 0 Å². The van der Waals surface area contributed by atoms with Gasteiger partial charge >= 0.3 is 5.97 Å². The van der Waals surface area contributed by atoms with Crippen molar-refractivity contribution in [3.63, 3.8) is 0 Å². The van der Waals surface area contributed by atoms with E-state index in [1.807, 2.05) is 36.6 Å². The first-order valence-corrected chi connectivity index (χ1v) is 7.40. The van der Waals surface area contributed by atoms with Gasteiger partial charge in [-0.25, -0.2) is 4.79 Å². The summed E-state index contributed by atoms with van der Waals surface area (Å²) in [7, 11) is 0. The molecule has 1 aromatic carbocycles. The number of fused-ring (bicyclic) bond motifs is 1. The molecule has 0 bridgehead atoms. The third-order valence-electron chi connectivity index (χ3n) is 3.94. The maximum absolute atomic E-state index is 11.6. The summed E-state index contributed by atoms with van der Waals surface area (Å²) in [6.45, 7) is 8.19. The lowest BCUT2D eigenvalue weighted by atomic mass is 10.1. The number of hydrogen-bond acceptors (Lipinski definition) is 2. The molecule has 0 spiro atoms. The number of aryl methyl sites for hydroxylation is 2. The fourth-order valence-corrected chi connectivity index (χ4v) is 3.03. The first kappa shape index (κ1) is 15.0. The molecule has 2 aromatic heterocycles. The minimum absolute atomic E-state index is 0.277. The van der Waals surface area contributed by atoms with Crippen molar-refractivity contribution in [2.75, 3.05) is 0 Å². The van der Waals surface area contributed by atoms with Gasteiger partial charge in [-0.05, 0) is 49.2 Å². The number of hydrogen-bond donors (Lipinski definition) is 1. The van der Waals surface area contributed by atoms with Crippen LogP contribution in [0.25, 0.3) is 17.0 Å². The largest absolute Gasteiger partial charge is 0.477 e. The standard InChI is InChI=1S/C19H18N2O2/c1-4-14-5-6-20-16(9-14)11-21-17(19(22)23)10-15-8-12(2)7-13(3)18(15)21/h4-10H,1,11H2,2-3H3,(H,22,23). The first-order chi connectivity index (χ1) is 11.0. The van der Waals surface area contributed by atoms with Crippen LogP contribution in [0.1, 0.15) is 32.9 Å². The highest BCUT2D eigenvalue weighted by Gasteiger charge is 2.17. The van der Waals surface area contributed by atoms with Gasteiger partial charge < -0.3 is 9.67 Å². The zero-order valence-electron chi connectivity index (χ0n) is 13.2. The summed E-state index contributed by atoms with van der Waals surface area (Å²) in [5.41, 5.74) is 5.18. The van der Waals surface area contributed by atoms with E-state index in [2.05, 4.69) is 17.6 Å². The second kappa shape index (κ2) is 5.72. The van der Waals surface area contributed by atoms with E-state index in [0.29, 0.717) is 6.54 Å². The molecule has 2 heterocycles. The number of carboxylic acid groups (broad SMARTS) is 1. The normalized spacial score (nSPS) is 10.9. The van der Waals surface area contributed by atoms with E-state index in [1.54, 1.807) is 18.3 Å². The summed E-state index contributed by atoms with van der Waals surface area (Å²) in [5, 5.41) is 10.5. The van der Waals surface area contributed by atoms with Gasteiger partial charge in [0.25, 0.3) is 0 Å². The van der Waals surface area contributed by atoms with E-state index in [9.17, 15) is 9.90 Å². The van der Waals surface area contributed by atoms with Crippen molar-refractivity contribution >= 4 is 22.9 Å². The van der Waals surface area contributed by atoms with Gasteiger partial charge in [0.2, 0.25) is 0 Å². The van der Waals surface area contributed by atoms with Crippen molar-refractivity contribution in [3.05, 3.63) is 71.2 Å². The van der Waals surface area contributed by atoms with Gasteiger partial charge in [0, 0.05) is 11.6 Å². The highest BCUT2D eigenvalue weighted by atomic mass is 16.4. The Bertz CT molecular complexity index is 923. The SMILES string of the molecule is C=Cc1ccnc(Cn2c(C(=O)O)cc3cc(C)cc(C)c32)c1. The van der Waals surface area contributed by atoms with Crippen LogP contribution < -0.4 is 0 Å². The molecule has 4 heteroatoms. The molecule has 0 aliphatic carbocycles. The fourth-order valence-electron chi connectivity index (χ4n) is 3.03. The van der Waals surface area contributed by atoms with Crippen molar-refractivity contribution in [2.45, 2.75) is 20.4 Å². The average molecular weight is 306 g/mol. The van der Waals surface area contributed by atoms with Crippen LogP contribution in [0, 0.1) is 13.8 Å². The maximum Gasteiger partial charge on any atom is 0.352 e. The second-order valence-corrected chi connectivity index (χ2v) is 5.73.